The molecule has 1 amide bonds. The molecule has 2 aliphatic rings. The number of nitrogens with zero attached hydrogens (tertiary/aromatic N) is 7. The van der Waals surface area contributed by atoms with E-state index in [4.69, 9.17) is 14.2 Å². The van der Waals surface area contributed by atoms with Crippen molar-refractivity contribution in [3.05, 3.63) is 41.9 Å². The van der Waals surface area contributed by atoms with Crippen molar-refractivity contribution in [3.63, 3.8) is 0 Å². The summed E-state index contributed by atoms with van der Waals surface area (Å²) in [5.74, 6) is -1.86. The first-order valence-electron chi connectivity index (χ1n) is 12.5. The van der Waals surface area contributed by atoms with Gasteiger partial charge in [-0.1, -0.05) is 0 Å². The van der Waals surface area contributed by atoms with Crippen LogP contribution in [0, 0.1) is 11.3 Å². The minimum absolute atomic E-state index is 0.143. The summed E-state index contributed by atoms with van der Waals surface area (Å²) in [6, 6.07) is 6.46. The first kappa shape index (κ1) is 25.4. The van der Waals surface area contributed by atoms with E-state index in [0.29, 0.717) is 38.1 Å². The zero-order valence-corrected chi connectivity index (χ0v) is 21.2. The number of pyridine rings is 2. The van der Waals surface area contributed by atoms with E-state index < -0.39 is 12.0 Å². The molecular weight excluding hydrogens is 528 g/mol. The number of ether oxygens (including phenoxy) is 3. The first-order chi connectivity index (χ1) is 19.3. The van der Waals surface area contributed by atoms with Crippen LogP contribution in [0.15, 0.2) is 30.6 Å². The number of imidazole rings is 1. The fourth-order valence-electron chi connectivity index (χ4n) is 4.65. The van der Waals surface area contributed by atoms with Crippen LogP contribution in [0.4, 0.5) is 31.2 Å². The molecule has 0 spiro atoms. The SMILES string of the molecule is Cn1c(Nc2cc3n(n2)CCCC3(F)F)nc2ncc(Oc3ccnc(NC(=O)O[C@@H]4CCOC4)c3)c(C#N)c21. The Bertz CT molecular complexity index is 1640. The second-order valence-electron chi connectivity index (χ2n) is 9.34. The van der Waals surface area contributed by atoms with E-state index in [2.05, 4.69) is 36.8 Å². The Kier molecular flexibility index (Phi) is 6.39. The smallest absolute Gasteiger partial charge is 0.413 e. The molecule has 1 saturated heterocycles. The molecule has 0 saturated carbocycles. The molecule has 15 heteroatoms. The fraction of sp³-hybridized carbons (Fsp3) is 0.360. The number of carbonyl (C=O) groups excluding carboxylic acids is 1. The van der Waals surface area contributed by atoms with E-state index in [1.54, 1.807) is 17.7 Å². The predicted octanol–water partition coefficient (Wildman–Crippen LogP) is 4.19. The van der Waals surface area contributed by atoms with Gasteiger partial charge in [0, 0.05) is 44.8 Å². The van der Waals surface area contributed by atoms with Crippen molar-refractivity contribution < 1.29 is 27.8 Å². The van der Waals surface area contributed by atoms with E-state index in [9.17, 15) is 18.8 Å². The van der Waals surface area contributed by atoms with Crippen molar-refractivity contribution in [1.29, 1.82) is 5.26 Å². The molecule has 13 nitrogen and oxygen atoms in total. The molecule has 6 heterocycles. The van der Waals surface area contributed by atoms with Crippen molar-refractivity contribution in [2.45, 2.75) is 37.8 Å². The van der Waals surface area contributed by atoms with Crippen LogP contribution in [-0.4, -0.2) is 54.7 Å². The number of aryl methyl sites for hydroxylation is 2. The molecular formula is C25H23F2N9O4. The highest BCUT2D eigenvalue weighted by atomic mass is 19.3. The third-order valence-electron chi connectivity index (χ3n) is 6.58. The number of carbonyl (C=O) groups is 1. The van der Waals surface area contributed by atoms with Crippen LogP contribution in [-0.2, 0) is 29.0 Å². The molecule has 1 fully saturated rings. The van der Waals surface area contributed by atoms with Crippen LogP contribution in [0.2, 0.25) is 0 Å². The second kappa shape index (κ2) is 10.0. The van der Waals surface area contributed by atoms with Gasteiger partial charge in [0.05, 0.1) is 19.4 Å². The van der Waals surface area contributed by atoms with Gasteiger partial charge in [0.25, 0.3) is 5.92 Å². The minimum Gasteiger partial charge on any atom is -0.454 e. The van der Waals surface area contributed by atoms with Crippen LogP contribution >= 0.6 is 0 Å². The first-order valence-corrected chi connectivity index (χ1v) is 12.5. The van der Waals surface area contributed by atoms with Crippen molar-refractivity contribution >= 4 is 34.8 Å². The van der Waals surface area contributed by atoms with Gasteiger partial charge in [0.1, 0.15) is 40.5 Å². The quantitative estimate of drug-likeness (QED) is 0.356. The molecule has 0 aromatic carbocycles. The molecule has 0 bridgehead atoms. The second-order valence-corrected chi connectivity index (χ2v) is 9.34. The Hall–Kier alpha value is -4.84. The molecule has 4 aromatic heterocycles. The molecule has 0 aliphatic carbocycles. The highest BCUT2D eigenvalue weighted by Gasteiger charge is 2.38. The molecule has 0 radical (unpaired) electrons. The summed E-state index contributed by atoms with van der Waals surface area (Å²) in [7, 11) is 1.66. The number of halogens is 2. The zero-order valence-electron chi connectivity index (χ0n) is 21.2. The van der Waals surface area contributed by atoms with Crippen molar-refractivity contribution in [2.24, 2.45) is 7.05 Å². The third kappa shape index (κ3) is 4.84. The highest BCUT2D eigenvalue weighted by Crippen LogP contribution is 2.38. The maximum absolute atomic E-state index is 14.3. The van der Waals surface area contributed by atoms with E-state index >= 15 is 0 Å². The number of hydrogen-bond donors (Lipinski definition) is 2. The number of amides is 1. The summed E-state index contributed by atoms with van der Waals surface area (Å²) in [5.41, 5.74) is 0.611. The summed E-state index contributed by atoms with van der Waals surface area (Å²) in [4.78, 5) is 25.0. The van der Waals surface area contributed by atoms with Crippen LogP contribution in [0.25, 0.3) is 11.2 Å². The monoisotopic (exact) mass is 551 g/mol. The largest absolute Gasteiger partial charge is 0.454 e. The minimum atomic E-state index is -2.95. The predicted molar refractivity (Wildman–Crippen MR) is 136 cm³/mol. The molecule has 2 N–H and O–H groups in total. The topological polar surface area (TPSA) is 154 Å². The number of hydrogen-bond acceptors (Lipinski definition) is 10. The average Bonchev–Trinajstić information content (AvgIpc) is 3.65. The molecule has 6 rings (SSSR count). The number of aromatic nitrogens is 6. The Morgan fingerprint density at radius 2 is 2.17 bits per heavy atom. The third-order valence-corrected chi connectivity index (χ3v) is 6.58. The lowest BCUT2D eigenvalue weighted by Crippen LogP contribution is -2.25. The summed E-state index contributed by atoms with van der Waals surface area (Å²) in [6.45, 7) is 1.29. The zero-order chi connectivity index (χ0) is 27.9. The van der Waals surface area contributed by atoms with Crippen LogP contribution in [0.5, 0.6) is 11.5 Å². The maximum Gasteiger partial charge on any atom is 0.413 e. The van der Waals surface area contributed by atoms with Crippen LogP contribution in [0.1, 0.15) is 30.5 Å². The molecule has 4 aromatic rings. The Morgan fingerprint density at radius 1 is 1.30 bits per heavy atom. The average molecular weight is 552 g/mol. The lowest BCUT2D eigenvalue weighted by molar-refractivity contribution is -0.0364. The summed E-state index contributed by atoms with van der Waals surface area (Å²) in [5, 5.41) is 19.7. The van der Waals surface area contributed by atoms with Crippen LogP contribution < -0.4 is 15.4 Å². The van der Waals surface area contributed by atoms with Gasteiger partial charge in [-0.25, -0.2) is 14.8 Å². The number of fused-ring (bicyclic) bond motifs is 2. The molecule has 40 heavy (non-hydrogen) atoms. The number of alkyl halides is 2. The number of anilines is 3. The standard InChI is InChI=1S/C25H23F2N9O4/c1-35-21-16(11-28)17(39-14-3-6-29-19(9-14)32-24(37)40-15-4-8-38-13-15)12-30-22(21)33-23(35)31-20-10-18-25(26,27)5-2-7-36(18)34-20/h3,6,9-10,12,15H,2,4-5,7-8,13H2,1H3,(H,29,32,37)(H,30,31,33,34)/t15-/m1/s1. The fourth-order valence-corrected chi connectivity index (χ4v) is 4.65. The molecule has 2 aliphatic heterocycles. The van der Waals surface area contributed by atoms with E-state index in [0.717, 1.165) is 0 Å². The number of rotatable bonds is 6. The Balaban J connectivity index is 1.23. The van der Waals surface area contributed by atoms with Gasteiger partial charge < -0.3 is 24.1 Å². The van der Waals surface area contributed by atoms with Gasteiger partial charge in [-0.2, -0.15) is 24.1 Å². The van der Waals surface area contributed by atoms with E-state index in [1.165, 1.54) is 29.2 Å². The Labute approximate surface area is 225 Å². The number of nitriles is 1. The summed E-state index contributed by atoms with van der Waals surface area (Å²) < 4.78 is 47.8. The molecule has 0 unspecified atom stereocenters. The highest BCUT2D eigenvalue weighted by molar-refractivity contribution is 5.85. The van der Waals surface area contributed by atoms with Crippen LogP contribution in [0.3, 0.4) is 0 Å². The molecule has 206 valence electrons. The number of nitrogens with one attached hydrogen (secondary N) is 2. The van der Waals surface area contributed by atoms with Gasteiger partial charge >= 0.3 is 6.09 Å². The van der Waals surface area contributed by atoms with Crippen molar-refractivity contribution in [1.82, 2.24) is 29.3 Å². The van der Waals surface area contributed by atoms with Crippen molar-refractivity contribution in [2.75, 3.05) is 23.8 Å². The van der Waals surface area contributed by atoms with Gasteiger partial charge in [-0.05, 0) is 12.5 Å². The lowest BCUT2D eigenvalue weighted by atomic mass is 10.1. The normalized spacial score (nSPS) is 17.7. The van der Waals surface area contributed by atoms with Gasteiger partial charge in [-0.3, -0.25) is 10.00 Å². The van der Waals surface area contributed by atoms with Crippen molar-refractivity contribution in [3.8, 4) is 17.6 Å². The van der Waals surface area contributed by atoms with Gasteiger partial charge in [-0.15, -0.1) is 0 Å². The Morgan fingerprint density at radius 3 is 2.95 bits per heavy atom. The van der Waals surface area contributed by atoms with Gasteiger partial charge in [0.2, 0.25) is 5.95 Å². The summed E-state index contributed by atoms with van der Waals surface area (Å²) >= 11 is 0. The summed E-state index contributed by atoms with van der Waals surface area (Å²) in [6.07, 6.45) is 2.55. The van der Waals surface area contributed by atoms with E-state index in [-0.39, 0.29) is 58.5 Å². The lowest BCUT2D eigenvalue weighted by Gasteiger charge is -2.22. The van der Waals surface area contributed by atoms with Gasteiger partial charge in [0.15, 0.2) is 17.2 Å². The maximum atomic E-state index is 14.3. The molecule has 1 atom stereocenters. The van der Waals surface area contributed by atoms with E-state index in [1.807, 2.05) is 0 Å².